The Kier molecular flexibility index (Phi) is 4.10. The van der Waals surface area contributed by atoms with E-state index in [0.29, 0.717) is 6.54 Å². The molecule has 0 N–H and O–H groups in total. The Morgan fingerprint density at radius 2 is 2.14 bits per heavy atom. The summed E-state index contributed by atoms with van der Waals surface area (Å²) in [5.41, 5.74) is 3.68. The molecule has 0 aliphatic heterocycles. The van der Waals surface area contributed by atoms with E-state index in [1.165, 1.54) is 24.1 Å². The van der Waals surface area contributed by atoms with Gasteiger partial charge in [-0.15, -0.1) is 6.42 Å². The topological polar surface area (TPSA) is 46.8 Å². The molecule has 0 amide bonds. The lowest BCUT2D eigenvalue weighted by Gasteiger charge is -2.25. The Balaban J connectivity index is 1.83. The third kappa shape index (κ3) is 2.96. The summed E-state index contributed by atoms with van der Waals surface area (Å²) in [5, 5.41) is 4.27. The number of aryl methyl sites for hydroxylation is 2. The van der Waals surface area contributed by atoms with Gasteiger partial charge in [0.25, 0.3) is 0 Å². The Bertz CT molecular complexity index is 710. The second-order valence-electron chi connectivity index (χ2n) is 5.83. The standard InChI is InChI=1S/C17H21N5/c1-4-9-22-12-14(10-18-22)11-21(3)17-15-7-5-6-8-16(15)19-13(2)20-17/h1,10,12H,5-9,11H2,2-3H3. The molecule has 0 atom stereocenters. The van der Waals surface area contributed by atoms with Gasteiger partial charge in [0, 0.05) is 36.6 Å². The highest BCUT2D eigenvalue weighted by atomic mass is 15.3. The Morgan fingerprint density at radius 3 is 2.95 bits per heavy atom. The fourth-order valence-electron chi connectivity index (χ4n) is 3.03. The number of anilines is 1. The van der Waals surface area contributed by atoms with E-state index >= 15 is 0 Å². The third-order valence-corrected chi connectivity index (χ3v) is 3.99. The van der Waals surface area contributed by atoms with Gasteiger partial charge >= 0.3 is 0 Å². The first kappa shape index (κ1) is 14.6. The smallest absolute Gasteiger partial charge is 0.135 e. The average Bonchev–Trinajstić information content (AvgIpc) is 2.94. The van der Waals surface area contributed by atoms with Crippen molar-refractivity contribution in [1.82, 2.24) is 19.7 Å². The van der Waals surface area contributed by atoms with Crippen molar-refractivity contribution in [3.63, 3.8) is 0 Å². The predicted octanol–water partition coefficient (Wildman–Crippen LogP) is 2.13. The molecule has 1 aliphatic rings. The zero-order valence-corrected chi connectivity index (χ0v) is 13.2. The van der Waals surface area contributed by atoms with Crippen LogP contribution in [0.4, 0.5) is 5.82 Å². The van der Waals surface area contributed by atoms with Crippen molar-refractivity contribution in [2.24, 2.45) is 0 Å². The molecule has 0 bridgehead atoms. The summed E-state index contributed by atoms with van der Waals surface area (Å²) in [6.07, 6.45) is 13.8. The largest absolute Gasteiger partial charge is 0.355 e. The summed E-state index contributed by atoms with van der Waals surface area (Å²) >= 11 is 0. The summed E-state index contributed by atoms with van der Waals surface area (Å²) in [7, 11) is 2.08. The number of rotatable bonds is 4. The van der Waals surface area contributed by atoms with Gasteiger partial charge in [-0.1, -0.05) is 5.92 Å². The molecule has 1 aliphatic carbocycles. The van der Waals surface area contributed by atoms with Crippen LogP contribution in [0.15, 0.2) is 12.4 Å². The van der Waals surface area contributed by atoms with Crippen LogP contribution in [0, 0.1) is 19.3 Å². The zero-order valence-electron chi connectivity index (χ0n) is 13.2. The monoisotopic (exact) mass is 295 g/mol. The first-order chi connectivity index (χ1) is 10.7. The van der Waals surface area contributed by atoms with Crippen LogP contribution >= 0.6 is 0 Å². The predicted molar refractivity (Wildman–Crippen MR) is 86.6 cm³/mol. The molecule has 0 unspecified atom stereocenters. The maximum absolute atomic E-state index is 5.32. The summed E-state index contributed by atoms with van der Waals surface area (Å²) in [6.45, 7) is 3.25. The van der Waals surface area contributed by atoms with Gasteiger partial charge in [0.1, 0.15) is 18.2 Å². The second kappa shape index (κ2) is 6.18. The van der Waals surface area contributed by atoms with Crippen LogP contribution in [0.3, 0.4) is 0 Å². The molecule has 5 heteroatoms. The second-order valence-corrected chi connectivity index (χ2v) is 5.83. The molecule has 3 rings (SSSR count). The van der Waals surface area contributed by atoms with Gasteiger partial charge in [0.05, 0.1) is 6.20 Å². The van der Waals surface area contributed by atoms with E-state index in [0.717, 1.165) is 36.6 Å². The van der Waals surface area contributed by atoms with Crippen LogP contribution in [0.1, 0.15) is 35.5 Å². The van der Waals surface area contributed by atoms with Gasteiger partial charge in [-0.05, 0) is 32.6 Å². The first-order valence-corrected chi connectivity index (χ1v) is 7.69. The molecule has 22 heavy (non-hydrogen) atoms. The van der Waals surface area contributed by atoms with E-state index in [4.69, 9.17) is 6.42 Å². The van der Waals surface area contributed by atoms with Crippen molar-refractivity contribution >= 4 is 5.82 Å². The minimum absolute atomic E-state index is 0.506. The number of aromatic nitrogens is 4. The van der Waals surface area contributed by atoms with Gasteiger partial charge < -0.3 is 4.90 Å². The summed E-state index contributed by atoms with van der Waals surface area (Å²) < 4.78 is 1.78. The maximum Gasteiger partial charge on any atom is 0.135 e. The first-order valence-electron chi connectivity index (χ1n) is 7.69. The summed E-state index contributed by atoms with van der Waals surface area (Å²) in [5.74, 6) is 4.51. The van der Waals surface area contributed by atoms with Crippen molar-refractivity contribution in [1.29, 1.82) is 0 Å². The van der Waals surface area contributed by atoms with E-state index in [1.54, 1.807) is 4.68 Å². The lowest BCUT2D eigenvalue weighted by atomic mass is 9.96. The average molecular weight is 295 g/mol. The van der Waals surface area contributed by atoms with Crippen LogP contribution in [0.2, 0.25) is 0 Å². The molecule has 0 saturated heterocycles. The highest BCUT2D eigenvalue weighted by molar-refractivity contribution is 5.50. The molecule has 2 heterocycles. The quantitative estimate of drug-likeness (QED) is 0.811. The Morgan fingerprint density at radius 1 is 1.32 bits per heavy atom. The minimum Gasteiger partial charge on any atom is -0.355 e. The Labute approximate surface area is 131 Å². The van der Waals surface area contributed by atoms with Crippen molar-refractivity contribution in [3.8, 4) is 12.3 Å². The van der Waals surface area contributed by atoms with Crippen LogP contribution in [0.5, 0.6) is 0 Å². The molecule has 0 saturated carbocycles. The van der Waals surface area contributed by atoms with Gasteiger partial charge in [0.2, 0.25) is 0 Å². The minimum atomic E-state index is 0.506. The molecular formula is C17H21N5. The van der Waals surface area contributed by atoms with E-state index in [1.807, 2.05) is 19.3 Å². The van der Waals surface area contributed by atoms with E-state index in [2.05, 4.69) is 32.9 Å². The van der Waals surface area contributed by atoms with Crippen LogP contribution in [-0.2, 0) is 25.9 Å². The van der Waals surface area contributed by atoms with Crippen LogP contribution in [0.25, 0.3) is 0 Å². The van der Waals surface area contributed by atoms with Crippen molar-refractivity contribution in [3.05, 3.63) is 35.0 Å². The fraction of sp³-hybridized carbons (Fsp3) is 0.471. The molecular weight excluding hydrogens is 274 g/mol. The molecule has 5 nitrogen and oxygen atoms in total. The molecule has 0 aromatic carbocycles. The number of hydrogen-bond donors (Lipinski definition) is 0. The normalized spacial score (nSPS) is 13.5. The van der Waals surface area contributed by atoms with E-state index in [9.17, 15) is 0 Å². The summed E-state index contributed by atoms with van der Waals surface area (Å²) in [4.78, 5) is 11.5. The zero-order chi connectivity index (χ0) is 15.5. The highest BCUT2D eigenvalue weighted by Gasteiger charge is 2.19. The van der Waals surface area contributed by atoms with Crippen molar-refractivity contribution < 1.29 is 0 Å². The summed E-state index contributed by atoms with van der Waals surface area (Å²) in [6, 6.07) is 0. The van der Waals surface area contributed by atoms with Gasteiger partial charge in [-0.2, -0.15) is 5.10 Å². The molecule has 2 aromatic rings. The Hall–Kier alpha value is -2.35. The fourth-order valence-corrected chi connectivity index (χ4v) is 3.03. The number of terminal acetylenes is 1. The van der Waals surface area contributed by atoms with E-state index in [-0.39, 0.29) is 0 Å². The lowest BCUT2D eigenvalue weighted by Crippen LogP contribution is -2.22. The van der Waals surface area contributed by atoms with E-state index < -0.39 is 0 Å². The number of hydrogen-bond acceptors (Lipinski definition) is 4. The van der Waals surface area contributed by atoms with Crippen molar-refractivity contribution in [2.45, 2.75) is 45.7 Å². The van der Waals surface area contributed by atoms with Crippen LogP contribution < -0.4 is 4.90 Å². The van der Waals surface area contributed by atoms with Gasteiger partial charge in [-0.3, -0.25) is 4.68 Å². The van der Waals surface area contributed by atoms with Crippen LogP contribution in [-0.4, -0.2) is 26.8 Å². The number of nitrogens with zero attached hydrogens (tertiary/aromatic N) is 5. The van der Waals surface area contributed by atoms with Crippen molar-refractivity contribution in [2.75, 3.05) is 11.9 Å². The lowest BCUT2D eigenvalue weighted by molar-refractivity contribution is 0.653. The third-order valence-electron chi connectivity index (χ3n) is 3.99. The van der Waals surface area contributed by atoms with Gasteiger partial charge in [-0.25, -0.2) is 9.97 Å². The molecule has 0 fully saturated rings. The SMILES string of the molecule is C#CCn1cc(CN(C)c2nc(C)nc3c2CCCC3)cn1. The van der Waals surface area contributed by atoms with Gasteiger partial charge in [0.15, 0.2) is 0 Å². The molecule has 2 aromatic heterocycles. The molecule has 0 spiro atoms. The maximum atomic E-state index is 5.32. The molecule has 114 valence electrons. The highest BCUT2D eigenvalue weighted by Crippen LogP contribution is 2.28. The number of fused-ring (bicyclic) bond motifs is 1. The molecule has 0 radical (unpaired) electrons.